The molecule has 0 unspecified atom stereocenters. The van der Waals surface area contributed by atoms with Crippen LogP contribution in [0, 0.1) is 0 Å². The number of aromatic nitrogens is 2. The Kier molecular flexibility index (Phi) is 6.56. The third kappa shape index (κ3) is 5.20. The zero-order valence-electron chi connectivity index (χ0n) is 13.5. The third-order valence-corrected chi connectivity index (χ3v) is 4.74. The van der Waals surface area contributed by atoms with E-state index in [9.17, 15) is 9.59 Å². The maximum absolute atomic E-state index is 12.1. The van der Waals surface area contributed by atoms with Crippen LogP contribution in [0.4, 0.5) is 10.8 Å². The van der Waals surface area contributed by atoms with Crippen molar-refractivity contribution in [3.63, 3.8) is 0 Å². The number of benzene rings is 1. The molecule has 1 aromatic carbocycles. The van der Waals surface area contributed by atoms with Crippen molar-refractivity contribution in [1.29, 1.82) is 0 Å². The van der Waals surface area contributed by atoms with Gasteiger partial charge in [0.1, 0.15) is 0 Å². The predicted molar refractivity (Wildman–Crippen MR) is 95.8 cm³/mol. The molecule has 0 spiro atoms. The first-order valence-electron chi connectivity index (χ1n) is 7.19. The Labute approximate surface area is 148 Å². The van der Waals surface area contributed by atoms with E-state index in [1.165, 1.54) is 30.2 Å². The topological polar surface area (TPSA) is 93.2 Å². The van der Waals surface area contributed by atoms with E-state index in [-0.39, 0.29) is 17.7 Å². The van der Waals surface area contributed by atoms with Crippen molar-refractivity contribution in [2.24, 2.45) is 0 Å². The molecule has 2 N–H and O–H groups in total. The quantitative estimate of drug-likeness (QED) is 0.575. The molecule has 1 aromatic heterocycles. The average Bonchev–Trinajstić information content (AvgIpc) is 2.99. The summed E-state index contributed by atoms with van der Waals surface area (Å²) in [5.41, 5.74) is 0.743. The number of anilines is 2. The van der Waals surface area contributed by atoms with Crippen LogP contribution in [-0.2, 0) is 9.53 Å². The lowest BCUT2D eigenvalue weighted by atomic mass is 10.2. The molecule has 0 bridgehead atoms. The van der Waals surface area contributed by atoms with Crippen LogP contribution >= 0.6 is 23.1 Å². The van der Waals surface area contributed by atoms with Gasteiger partial charge in [-0.3, -0.25) is 4.79 Å². The van der Waals surface area contributed by atoms with Crippen molar-refractivity contribution >= 4 is 45.8 Å². The van der Waals surface area contributed by atoms with E-state index in [0.29, 0.717) is 15.6 Å². The third-order valence-electron chi connectivity index (χ3n) is 2.75. The molecule has 1 heterocycles. The minimum Gasteiger partial charge on any atom is -0.465 e. The van der Waals surface area contributed by atoms with Gasteiger partial charge in [0.2, 0.25) is 11.0 Å². The lowest BCUT2D eigenvalue weighted by molar-refractivity contribution is -0.113. The van der Waals surface area contributed by atoms with E-state index in [0.717, 1.165) is 5.13 Å². The van der Waals surface area contributed by atoms with Gasteiger partial charge in [-0.2, -0.15) is 0 Å². The number of carbonyl (C=O) groups excluding carboxylic acids is 2. The van der Waals surface area contributed by atoms with E-state index in [2.05, 4.69) is 20.8 Å². The van der Waals surface area contributed by atoms with E-state index in [4.69, 9.17) is 4.74 Å². The SMILES string of the molecule is COC(=O)c1ccccc1NC(=O)CSc1nnc(NC(C)C)s1. The van der Waals surface area contributed by atoms with Crippen LogP contribution in [0.3, 0.4) is 0 Å². The van der Waals surface area contributed by atoms with E-state index in [1.54, 1.807) is 24.3 Å². The zero-order valence-corrected chi connectivity index (χ0v) is 15.2. The van der Waals surface area contributed by atoms with Crippen LogP contribution in [0.5, 0.6) is 0 Å². The second kappa shape index (κ2) is 8.65. The Hall–Kier alpha value is -2.13. The largest absolute Gasteiger partial charge is 0.465 e. The molecular weight excluding hydrogens is 348 g/mol. The minimum absolute atomic E-state index is 0.172. The summed E-state index contributed by atoms with van der Waals surface area (Å²) in [5.74, 6) is -0.553. The molecule has 7 nitrogen and oxygen atoms in total. The summed E-state index contributed by atoms with van der Waals surface area (Å²) in [6.07, 6.45) is 0. The van der Waals surface area contributed by atoms with Crippen LogP contribution in [0.25, 0.3) is 0 Å². The molecule has 24 heavy (non-hydrogen) atoms. The second-order valence-corrected chi connectivity index (χ2v) is 7.25. The number of nitrogens with zero attached hydrogens (tertiary/aromatic N) is 2. The first kappa shape index (κ1) is 18.2. The summed E-state index contributed by atoms with van der Waals surface area (Å²) in [7, 11) is 1.30. The van der Waals surface area contributed by atoms with Crippen molar-refractivity contribution in [2.75, 3.05) is 23.5 Å². The number of thioether (sulfide) groups is 1. The Balaban J connectivity index is 1.92. The molecule has 1 amide bonds. The molecule has 0 aliphatic rings. The molecule has 2 aromatic rings. The number of amides is 1. The first-order chi connectivity index (χ1) is 11.5. The van der Waals surface area contributed by atoms with Crippen LogP contribution in [0.15, 0.2) is 28.6 Å². The van der Waals surface area contributed by atoms with Crippen LogP contribution < -0.4 is 10.6 Å². The van der Waals surface area contributed by atoms with Gasteiger partial charge in [0, 0.05) is 6.04 Å². The monoisotopic (exact) mass is 366 g/mol. The summed E-state index contributed by atoms with van der Waals surface area (Å²) in [6, 6.07) is 6.98. The summed E-state index contributed by atoms with van der Waals surface area (Å²) in [5, 5.41) is 14.6. The van der Waals surface area contributed by atoms with Gasteiger partial charge < -0.3 is 15.4 Å². The van der Waals surface area contributed by atoms with Gasteiger partial charge in [0.15, 0.2) is 4.34 Å². The standard InChI is InChI=1S/C15H18N4O3S2/c1-9(2)16-14-18-19-15(24-14)23-8-12(20)17-11-7-5-4-6-10(11)13(21)22-3/h4-7,9H,8H2,1-3H3,(H,16,18)(H,17,20). The maximum atomic E-state index is 12.1. The van der Waals surface area contributed by atoms with Crippen molar-refractivity contribution in [3.8, 4) is 0 Å². The maximum Gasteiger partial charge on any atom is 0.339 e. The Morgan fingerprint density at radius 3 is 2.75 bits per heavy atom. The summed E-state index contributed by atoms with van der Waals surface area (Å²) >= 11 is 2.69. The Morgan fingerprint density at radius 2 is 2.04 bits per heavy atom. The number of hydrogen-bond acceptors (Lipinski definition) is 8. The number of esters is 1. The van der Waals surface area contributed by atoms with E-state index < -0.39 is 5.97 Å². The molecule has 0 aliphatic heterocycles. The van der Waals surface area contributed by atoms with Crippen LogP contribution in [0.1, 0.15) is 24.2 Å². The smallest absolute Gasteiger partial charge is 0.339 e. The summed E-state index contributed by atoms with van der Waals surface area (Å²) < 4.78 is 5.41. The van der Waals surface area contributed by atoms with Crippen molar-refractivity contribution in [3.05, 3.63) is 29.8 Å². The van der Waals surface area contributed by atoms with Gasteiger partial charge in [0.05, 0.1) is 24.1 Å². The minimum atomic E-state index is -0.493. The molecule has 128 valence electrons. The van der Waals surface area contributed by atoms with Crippen molar-refractivity contribution in [1.82, 2.24) is 10.2 Å². The predicted octanol–water partition coefficient (Wildman–Crippen LogP) is 2.88. The highest BCUT2D eigenvalue weighted by Crippen LogP contribution is 2.26. The lowest BCUT2D eigenvalue weighted by Crippen LogP contribution is -2.17. The second-order valence-electron chi connectivity index (χ2n) is 5.05. The summed E-state index contributed by atoms with van der Waals surface area (Å²) in [4.78, 5) is 23.8. The van der Waals surface area contributed by atoms with E-state index in [1.807, 2.05) is 13.8 Å². The van der Waals surface area contributed by atoms with Gasteiger partial charge in [-0.05, 0) is 26.0 Å². The van der Waals surface area contributed by atoms with Gasteiger partial charge in [0.25, 0.3) is 0 Å². The lowest BCUT2D eigenvalue weighted by Gasteiger charge is -2.08. The first-order valence-corrected chi connectivity index (χ1v) is 9.00. The van der Waals surface area contributed by atoms with Crippen molar-refractivity contribution < 1.29 is 14.3 Å². The van der Waals surface area contributed by atoms with Gasteiger partial charge in [-0.1, -0.05) is 35.2 Å². The van der Waals surface area contributed by atoms with Crippen LogP contribution in [-0.4, -0.2) is 41.0 Å². The fourth-order valence-corrected chi connectivity index (χ4v) is 3.46. The number of rotatable bonds is 7. The normalized spacial score (nSPS) is 10.5. The molecule has 0 radical (unpaired) electrons. The molecule has 0 saturated carbocycles. The van der Waals surface area contributed by atoms with Gasteiger partial charge >= 0.3 is 5.97 Å². The number of methoxy groups -OCH3 is 1. The fourth-order valence-electron chi connectivity index (χ4n) is 1.77. The highest BCUT2D eigenvalue weighted by molar-refractivity contribution is 8.01. The van der Waals surface area contributed by atoms with E-state index >= 15 is 0 Å². The highest BCUT2D eigenvalue weighted by atomic mass is 32.2. The zero-order chi connectivity index (χ0) is 17.5. The van der Waals surface area contributed by atoms with Gasteiger partial charge in [-0.15, -0.1) is 10.2 Å². The molecular formula is C15H18N4O3S2. The highest BCUT2D eigenvalue weighted by Gasteiger charge is 2.14. The van der Waals surface area contributed by atoms with Crippen molar-refractivity contribution in [2.45, 2.75) is 24.2 Å². The number of ether oxygens (including phenoxy) is 1. The molecule has 0 aliphatic carbocycles. The number of carbonyl (C=O) groups is 2. The Bertz CT molecular complexity index is 718. The molecule has 0 saturated heterocycles. The average molecular weight is 366 g/mol. The fraction of sp³-hybridized carbons (Fsp3) is 0.333. The Morgan fingerprint density at radius 1 is 1.29 bits per heavy atom. The number of nitrogens with one attached hydrogen (secondary N) is 2. The molecule has 0 atom stereocenters. The molecule has 2 rings (SSSR count). The molecule has 0 fully saturated rings. The molecule has 9 heteroatoms. The number of hydrogen-bond donors (Lipinski definition) is 2. The van der Waals surface area contributed by atoms with Gasteiger partial charge in [-0.25, -0.2) is 4.79 Å². The summed E-state index contributed by atoms with van der Waals surface area (Å²) in [6.45, 7) is 4.03. The number of para-hydroxylation sites is 1. The van der Waals surface area contributed by atoms with Crippen LogP contribution in [0.2, 0.25) is 0 Å².